The molecule has 0 aliphatic rings. The zero-order valence-electron chi connectivity index (χ0n) is 11.9. The number of rotatable bonds is 7. The summed E-state index contributed by atoms with van der Waals surface area (Å²) in [6.07, 6.45) is -1.05. The second kappa shape index (κ2) is 7.95. The second-order valence-corrected chi connectivity index (χ2v) is 4.73. The Morgan fingerprint density at radius 2 is 1.64 bits per heavy atom. The predicted octanol–water partition coefficient (Wildman–Crippen LogP) is 2.77. The van der Waals surface area contributed by atoms with E-state index in [1.807, 2.05) is 36.4 Å². The standard InChI is InChI=1S/C17H17NO4/c19-16(14-9-5-2-6-10-14)11-15(17(20)21)18-22-12-13-7-3-1-4-8-13/h1-10,16,19H,11-12H2,(H,20,21). The average Bonchev–Trinajstić information content (AvgIpc) is 2.55. The predicted molar refractivity (Wildman–Crippen MR) is 82.3 cm³/mol. The van der Waals surface area contributed by atoms with E-state index in [9.17, 15) is 9.90 Å². The van der Waals surface area contributed by atoms with Crippen molar-refractivity contribution in [3.63, 3.8) is 0 Å². The highest BCUT2D eigenvalue weighted by Gasteiger charge is 2.17. The minimum atomic E-state index is -1.21. The lowest BCUT2D eigenvalue weighted by molar-refractivity contribution is -0.129. The number of oxime groups is 1. The summed E-state index contributed by atoms with van der Waals surface area (Å²) >= 11 is 0. The van der Waals surface area contributed by atoms with Gasteiger partial charge >= 0.3 is 5.97 Å². The number of aliphatic hydroxyl groups excluding tert-OH is 1. The van der Waals surface area contributed by atoms with Gasteiger partial charge in [0.15, 0.2) is 5.71 Å². The van der Waals surface area contributed by atoms with Crippen LogP contribution < -0.4 is 0 Å². The normalized spacial score (nSPS) is 12.7. The maximum atomic E-state index is 11.2. The molecule has 0 aliphatic heterocycles. The molecule has 5 heteroatoms. The molecule has 0 saturated carbocycles. The fourth-order valence-electron chi connectivity index (χ4n) is 1.90. The molecule has 2 aromatic rings. The van der Waals surface area contributed by atoms with Crippen molar-refractivity contribution in [2.45, 2.75) is 19.1 Å². The Morgan fingerprint density at radius 1 is 1.05 bits per heavy atom. The highest BCUT2D eigenvalue weighted by atomic mass is 16.6. The molecule has 0 amide bonds. The first-order chi connectivity index (χ1) is 10.7. The summed E-state index contributed by atoms with van der Waals surface area (Å²) in [7, 11) is 0. The van der Waals surface area contributed by atoms with Crippen LogP contribution in [0.2, 0.25) is 0 Å². The minimum Gasteiger partial charge on any atom is -0.477 e. The molecule has 114 valence electrons. The third-order valence-corrected chi connectivity index (χ3v) is 3.07. The number of carboxylic acids is 1. The van der Waals surface area contributed by atoms with Crippen LogP contribution in [0.5, 0.6) is 0 Å². The molecule has 2 rings (SSSR count). The maximum absolute atomic E-state index is 11.2. The first-order valence-electron chi connectivity index (χ1n) is 6.86. The van der Waals surface area contributed by atoms with Crippen LogP contribution in [0.3, 0.4) is 0 Å². The maximum Gasteiger partial charge on any atom is 0.353 e. The average molecular weight is 299 g/mol. The number of carboxylic acid groups (broad SMARTS) is 1. The lowest BCUT2D eigenvalue weighted by atomic mass is 10.0. The molecule has 0 fully saturated rings. The number of nitrogens with zero attached hydrogens (tertiary/aromatic N) is 1. The van der Waals surface area contributed by atoms with Crippen LogP contribution in [-0.4, -0.2) is 21.9 Å². The lowest BCUT2D eigenvalue weighted by Gasteiger charge is -2.10. The smallest absolute Gasteiger partial charge is 0.353 e. The fourth-order valence-corrected chi connectivity index (χ4v) is 1.90. The quantitative estimate of drug-likeness (QED) is 0.608. The summed E-state index contributed by atoms with van der Waals surface area (Å²) in [5.41, 5.74) is 1.31. The molecule has 22 heavy (non-hydrogen) atoms. The van der Waals surface area contributed by atoms with E-state index in [1.54, 1.807) is 24.3 Å². The zero-order chi connectivity index (χ0) is 15.8. The monoisotopic (exact) mass is 299 g/mol. The number of benzene rings is 2. The van der Waals surface area contributed by atoms with Gasteiger partial charge in [-0.25, -0.2) is 4.79 Å². The zero-order valence-corrected chi connectivity index (χ0v) is 11.9. The van der Waals surface area contributed by atoms with Crippen molar-refractivity contribution in [1.29, 1.82) is 0 Å². The van der Waals surface area contributed by atoms with E-state index in [4.69, 9.17) is 9.94 Å². The van der Waals surface area contributed by atoms with Gasteiger partial charge in [0.05, 0.1) is 6.10 Å². The molecule has 0 saturated heterocycles. The number of hydrogen-bond donors (Lipinski definition) is 2. The summed E-state index contributed by atoms with van der Waals surface area (Å²) in [6, 6.07) is 18.2. The van der Waals surface area contributed by atoms with Crippen molar-refractivity contribution in [2.24, 2.45) is 5.16 Å². The van der Waals surface area contributed by atoms with Crippen LogP contribution in [-0.2, 0) is 16.2 Å². The summed E-state index contributed by atoms with van der Waals surface area (Å²) in [5.74, 6) is -1.21. The van der Waals surface area contributed by atoms with Gasteiger partial charge in [-0.2, -0.15) is 0 Å². The van der Waals surface area contributed by atoms with Gasteiger partial charge < -0.3 is 15.1 Å². The summed E-state index contributed by atoms with van der Waals surface area (Å²) < 4.78 is 0. The molecule has 1 unspecified atom stereocenters. The van der Waals surface area contributed by atoms with Gasteiger partial charge in [-0.15, -0.1) is 0 Å². The summed E-state index contributed by atoms with van der Waals surface area (Å²) in [6.45, 7) is 0.180. The van der Waals surface area contributed by atoms with E-state index in [0.717, 1.165) is 5.56 Å². The van der Waals surface area contributed by atoms with Crippen molar-refractivity contribution >= 4 is 11.7 Å². The fraction of sp³-hybridized carbons (Fsp3) is 0.176. The van der Waals surface area contributed by atoms with Crippen LogP contribution in [0, 0.1) is 0 Å². The molecule has 0 radical (unpaired) electrons. The minimum absolute atomic E-state index is 0.117. The number of hydrogen-bond acceptors (Lipinski definition) is 4. The topological polar surface area (TPSA) is 79.1 Å². The third kappa shape index (κ3) is 4.71. The van der Waals surface area contributed by atoms with Gasteiger partial charge in [0.2, 0.25) is 0 Å². The molecule has 5 nitrogen and oxygen atoms in total. The largest absolute Gasteiger partial charge is 0.477 e. The van der Waals surface area contributed by atoms with Gasteiger partial charge in [0, 0.05) is 6.42 Å². The molecular formula is C17H17NO4. The Labute approximate surface area is 128 Å². The Hall–Kier alpha value is -2.66. The third-order valence-electron chi connectivity index (χ3n) is 3.07. The van der Waals surface area contributed by atoms with E-state index in [2.05, 4.69) is 5.16 Å². The molecule has 0 spiro atoms. The molecule has 2 N–H and O–H groups in total. The first-order valence-corrected chi connectivity index (χ1v) is 6.86. The van der Waals surface area contributed by atoms with E-state index in [1.165, 1.54) is 0 Å². The van der Waals surface area contributed by atoms with Crippen molar-refractivity contribution in [3.05, 3.63) is 71.8 Å². The second-order valence-electron chi connectivity index (χ2n) is 4.73. The van der Waals surface area contributed by atoms with Gasteiger partial charge in [-0.3, -0.25) is 0 Å². The van der Waals surface area contributed by atoms with Crippen LogP contribution in [0.4, 0.5) is 0 Å². The highest BCUT2D eigenvalue weighted by molar-refractivity contribution is 6.35. The van der Waals surface area contributed by atoms with Crippen molar-refractivity contribution in [1.82, 2.24) is 0 Å². The molecule has 0 aliphatic carbocycles. The molecule has 1 atom stereocenters. The van der Waals surface area contributed by atoms with Crippen molar-refractivity contribution < 1.29 is 19.8 Å². The SMILES string of the molecule is O=C(O)C(CC(O)c1ccccc1)=NOCc1ccccc1. The van der Waals surface area contributed by atoms with Crippen LogP contribution in [0.1, 0.15) is 23.7 Å². The number of aliphatic carboxylic acids is 1. The van der Waals surface area contributed by atoms with Gasteiger partial charge in [-0.05, 0) is 11.1 Å². The summed E-state index contributed by atoms with van der Waals surface area (Å²) in [4.78, 5) is 16.3. The Kier molecular flexibility index (Phi) is 5.68. The summed E-state index contributed by atoms with van der Waals surface area (Å²) in [5, 5.41) is 22.8. The Morgan fingerprint density at radius 3 is 2.23 bits per heavy atom. The van der Waals surface area contributed by atoms with Gasteiger partial charge in [0.25, 0.3) is 0 Å². The highest BCUT2D eigenvalue weighted by Crippen LogP contribution is 2.17. The van der Waals surface area contributed by atoms with Crippen molar-refractivity contribution in [2.75, 3.05) is 0 Å². The van der Waals surface area contributed by atoms with Gasteiger partial charge in [0.1, 0.15) is 6.61 Å². The van der Waals surface area contributed by atoms with Crippen LogP contribution >= 0.6 is 0 Å². The van der Waals surface area contributed by atoms with E-state index < -0.39 is 12.1 Å². The van der Waals surface area contributed by atoms with Crippen LogP contribution in [0.25, 0.3) is 0 Å². The Balaban J connectivity index is 1.97. The van der Waals surface area contributed by atoms with Gasteiger partial charge in [-0.1, -0.05) is 65.8 Å². The molecule has 0 bridgehead atoms. The van der Waals surface area contributed by atoms with E-state index >= 15 is 0 Å². The van der Waals surface area contributed by atoms with Crippen LogP contribution in [0.15, 0.2) is 65.8 Å². The van der Waals surface area contributed by atoms with E-state index in [0.29, 0.717) is 5.56 Å². The Bertz CT molecular complexity index is 626. The number of aliphatic hydroxyl groups is 1. The van der Waals surface area contributed by atoms with Crippen molar-refractivity contribution in [3.8, 4) is 0 Å². The first kappa shape index (κ1) is 15.7. The molecule has 0 aromatic heterocycles. The molecule has 0 heterocycles. The molecule has 2 aromatic carbocycles. The van der Waals surface area contributed by atoms with E-state index in [-0.39, 0.29) is 18.7 Å². The molecular weight excluding hydrogens is 282 g/mol. The number of carbonyl (C=O) groups is 1. The lowest BCUT2D eigenvalue weighted by Crippen LogP contribution is -2.17.